The lowest BCUT2D eigenvalue weighted by Gasteiger charge is -2.27. The third-order valence-corrected chi connectivity index (χ3v) is 4.69. The number of imide groups is 1. The van der Waals surface area contributed by atoms with Gasteiger partial charge in [-0.2, -0.15) is 0 Å². The molecule has 2 aliphatic heterocycles. The average molecular weight is 293 g/mol. The SMILES string of the molecule is O=C1NC(=O)C(CCC(=O)N2CCc3sccc3C2)N1. The monoisotopic (exact) mass is 293 g/mol. The van der Waals surface area contributed by atoms with Crippen LogP contribution < -0.4 is 10.6 Å². The van der Waals surface area contributed by atoms with Gasteiger partial charge in [0.2, 0.25) is 5.91 Å². The van der Waals surface area contributed by atoms with E-state index in [0.717, 1.165) is 13.0 Å². The van der Waals surface area contributed by atoms with Crippen LogP contribution in [-0.4, -0.2) is 35.3 Å². The van der Waals surface area contributed by atoms with Crippen LogP contribution in [0.3, 0.4) is 0 Å². The van der Waals surface area contributed by atoms with Crippen molar-refractivity contribution < 1.29 is 14.4 Å². The van der Waals surface area contributed by atoms with Crippen molar-refractivity contribution in [2.45, 2.75) is 31.8 Å². The van der Waals surface area contributed by atoms with E-state index in [-0.39, 0.29) is 18.2 Å². The van der Waals surface area contributed by atoms with Gasteiger partial charge in [-0.15, -0.1) is 11.3 Å². The number of hydrogen-bond acceptors (Lipinski definition) is 4. The summed E-state index contributed by atoms with van der Waals surface area (Å²) >= 11 is 1.74. The van der Waals surface area contributed by atoms with Crippen molar-refractivity contribution in [3.63, 3.8) is 0 Å². The fourth-order valence-corrected chi connectivity index (χ4v) is 3.44. The van der Waals surface area contributed by atoms with E-state index in [1.165, 1.54) is 10.4 Å². The molecule has 6 nitrogen and oxygen atoms in total. The number of nitrogens with zero attached hydrogens (tertiary/aromatic N) is 1. The number of fused-ring (bicyclic) bond motifs is 1. The van der Waals surface area contributed by atoms with Crippen LogP contribution in [0.25, 0.3) is 0 Å². The Morgan fingerprint density at radius 3 is 3.05 bits per heavy atom. The van der Waals surface area contributed by atoms with Gasteiger partial charge in [0.15, 0.2) is 0 Å². The van der Waals surface area contributed by atoms with Crippen LogP contribution in [0.2, 0.25) is 0 Å². The number of carbonyl (C=O) groups excluding carboxylic acids is 3. The van der Waals surface area contributed by atoms with Gasteiger partial charge in [0.05, 0.1) is 0 Å². The van der Waals surface area contributed by atoms with Gasteiger partial charge in [-0.25, -0.2) is 4.79 Å². The molecule has 0 spiro atoms. The quantitative estimate of drug-likeness (QED) is 0.802. The predicted molar refractivity (Wildman–Crippen MR) is 73.1 cm³/mol. The average Bonchev–Trinajstić information content (AvgIpc) is 3.01. The van der Waals surface area contributed by atoms with Gasteiger partial charge in [0, 0.05) is 24.4 Å². The fourth-order valence-electron chi connectivity index (χ4n) is 2.55. The zero-order valence-electron chi connectivity index (χ0n) is 10.8. The molecule has 106 valence electrons. The maximum atomic E-state index is 12.2. The van der Waals surface area contributed by atoms with Gasteiger partial charge in [-0.3, -0.25) is 14.9 Å². The molecule has 1 fully saturated rings. The van der Waals surface area contributed by atoms with Crippen molar-refractivity contribution in [3.05, 3.63) is 21.9 Å². The van der Waals surface area contributed by atoms with E-state index in [9.17, 15) is 14.4 Å². The Morgan fingerprint density at radius 1 is 1.45 bits per heavy atom. The minimum Gasteiger partial charge on any atom is -0.338 e. The highest BCUT2D eigenvalue weighted by molar-refractivity contribution is 7.10. The van der Waals surface area contributed by atoms with Crippen molar-refractivity contribution in [1.82, 2.24) is 15.5 Å². The molecule has 1 unspecified atom stereocenters. The van der Waals surface area contributed by atoms with E-state index in [1.54, 1.807) is 11.3 Å². The van der Waals surface area contributed by atoms with Gasteiger partial charge in [-0.05, 0) is 29.9 Å². The number of amides is 4. The zero-order chi connectivity index (χ0) is 14.1. The van der Waals surface area contributed by atoms with Gasteiger partial charge in [0.1, 0.15) is 6.04 Å². The third kappa shape index (κ3) is 2.53. The summed E-state index contributed by atoms with van der Waals surface area (Å²) in [4.78, 5) is 37.7. The first-order valence-corrected chi connectivity index (χ1v) is 7.46. The second-order valence-corrected chi connectivity index (χ2v) is 5.99. The minimum absolute atomic E-state index is 0.0378. The molecule has 2 N–H and O–H groups in total. The molecule has 1 aromatic heterocycles. The number of urea groups is 1. The molecule has 0 radical (unpaired) electrons. The number of thiophene rings is 1. The largest absolute Gasteiger partial charge is 0.338 e. The maximum absolute atomic E-state index is 12.2. The van der Waals surface area contributed by atoms with Crippen LogP contribution >= 0.6 is 11.3 Å². The van der Waals surface area contributed by atoms with Crippen LogP contribution in [0.1, 0.15) is 23.3 Å². The van der Waals surface area contributed by atoms with E-state index in [2.05, 4.69) is 22.1 Å². The smallest absolute Gasteiger partial charge is 0.322 e. The van der Waals surface area contributed by atoms with Gasteiger partial charge < -0.3 is 10.2 Å². The normalized spacial score (nSPS) is 21.4. The molecule has 20 heavy (non-hydrogen) atoms. The standard InChI is InChI=1S/C13H15N3O3S/c17-11(2-1-9-12(18)15-13(19)14-9)16-5-3-10-8(7-16)4-6-20-10/h4,6,9H,1-3,5,7H2,(H2,14,15,18,19). The lowest BCUT2D eigenvalue weighted by Crippen LogP contribution is -2.37. The molecule has 1 aromatic rings. The van der Waals surface area contributed by atoms with Crippen LogP contribution in [0.5, 0.6) is 0 Å². The van der Waals surface area contributed by atoms with Crippen LogP contribution in [0, 0.1) is 0 Å². The number of rotatable bonds is 3. The van der Waals surface area contributed by atoms with E-state index in [1.807, 2.05) is 4.90 Å². The molecule has 0 aromatic carbocycles. The molecule has 0 bridgehead atoms. The lowest BCUT2D eigenvalue weighted by molar-refractivity contribution is -0.132. The summed E-state index contributed by atoms with van der Waals surface area (Å²) in [7, 11) is 0. The van der Waals surface area contributed by atoms with E-state index >= 15 is 0 Å². The molecular weight excluding hydrogens is 278 g/mol. The highest BCUT2D eigenvalue weighted by Gasteiger charge is 2.30. The van der Waals surface area contributed by atoms with Crippen LogP contribution in [-0.2, 0) is 22.6 Å². The molecule has 2 aliphatic rings. The lowest BCUT2D eigenvalue weighted by atomic mass is 10.1. The van der Waals surface area contributed by atoms with Crippen molar-refractivity contribution in [2.24, 2.45) is 0 Å². The Bertz CT molecular complexity index is 569. The molecule has 3 rings (SSSR count). The summed E-state index contributed by atoms with van der Waals surface area (Å²) in [5.41, 5.74) is 1.22. The summed E-state index contributed by atoms with van der Waals surface area (Å²) in [6.45, 7) is 1.39. The first-order chi connectivity index (χ1) is 9.63. The predicted octanol–water partition coefficient (Wildman–Crippen LogP) is 0.621. The summed E-state index contributed by atoms with van der Waals surface area (Å²) in [5.74, 6) is -0.308. The first-order valence-electron chi connectivity index (χ1n) is 6.58. The van der Waals surface area contributed by atoms with Crippen molar-refractivity contribution >= 4 is 29.2 Å². The van der Waals surface area contributed by atoms with Crippen molar-refractivity contribution in [3.8, 4) is 0 Å². The van der Waals surface area contributed by atoms with Crippen LogP contribution in [0.4, 0.5) is 4.79 Å². The molecule has 0 aliphatic carbocycles. The van der Waals surface area contributed by atoms with Crippen molar-refractivity contribution in [2.75, 3.05) is 6.54 Å². The summed E-state index contributed by atoms with van der Waals surface area (Å²) in [5, 5.41) is 6.72. The summed E-state index contributed by atoms with van der Waals surface area (Å²) < 4.78 is 0. The van der Waals surface area contributed by atoms with Crippen molar-refractivity contribution in [1.29, 1.82) is 0 Å². The van der Waals surface area contributed by atoms with E-state index < -0.39 is 12.1 Å². The molecule has 0 saturated carbocycles. The number of nitrogens with one attached hydrogen (secondary N) is 2. The molecule has 1 atom stereocenters. The Kier molecular flexibility index (Phi) is 3.43. The van der Waals surface area contributed by atoms with Gasteiger partial charge >= 0.3 is 6.03 Å². The second-order valence-electron chi connectivity index (χ2n) is 4.99. The van der Waals surface area contributed by atoms with Gasteiger partial charge in [0.25, 0.3) is 5.91 Å². The fraction of sp³-hybridized carbons (Fsp3) is 0.462. The van der Waals surface area contributed by atoms with E-state index in [4.69, 9.17) is 0 Å². The molecule has 3 heterocycles. The first kappa shape index (κ1) is 13.1. The Labute approximate surface area is 120 Å². The van der Waals surface area contributed by atoms with Gasteiger partial charge in [-0.1, -0.05) is 0 Å². The number of carbonyl (C=O) groups is 3. The molecule has 7 heteroatoms. The third-order valence-electron chi connectivity index (χ3n) is 3.67. The van der Waals surface area contributed by atoms with Crippen LogP contribution in [0.15, 0.2) is 11.4 Å². The number of hydrogen-bond donors (Lipinski definition) is 2. The summed E-state index contributed by atoms with van der Waals surface area (Å²) in [6.07, 6.45) is 1.53. The summed E-state index contributed by atoms with van der Waals surface area (Å²) in [6, 6.07) is 1.01. The highest BCUT2D eigenvalue weighted by Crippen LogP contribution is 2.24. The highest BCUT2D eigenvalue weighted by atomic mass is 32.1. The topological polar surface area (TPSA) is 78.5 Å². The Balaban J connectivity index is 1.53. The Morgan fingerprint density at radius 2 is 2.30 bits per heavy atom. The zero-order valence-corrected chi connectivity index (χ0v) is 11.7. The molecular formula is C13H15N3O3S. The Hall–Kier alpha value is -1.89. The maximum Gasteiger partial charge on any atom is 0.322 e. The van der Waals surface area contributed by atoms with E-state index in [0.29, 0.717) is 13.0 Å². The molecule has 1 saturated heterocycles. The second kappa shape index (κ2) is 5.24. The minimum atomic E-state index is -0.576. The molecule has 4 amide bonds.